The number of nitrogens with zero attached hydrogens (tertiary/aromatic N) is 1. The number of rotatable bonds is 2. The molecule has 1 fully saturated rings. The summed E-state index contributed by atoms with van der Waals surface area (Å²) in [6, 6.07) is -0.334. The lowest BCUT2D eigenvalue weighted by Crippen LogP contribution is -2.38. The summed E-state index contributed by atoms with van der Waals surface area (Å²) in [6.45, 7) is 2.77. The van der Waals surface area contributed by atoms with Crippen molar-refractivity contribution >= 4 is 23.5 Å². The van der Waals surface area contributed by atoms with Crippen molar-refractivity contribution in [3.63, 3.8) is 0 Å². The van der Waals surface area contributed by atoms with Crippen LogP contribution in [0.5, 0.6) is 0 Å². The second-order valence-electron chi connectivity index (χ2n) is 2.60. The van der Waals surface area contributed by atoms with Crippen LogP contribution in [0.4, 0.5) is 4.79 Å². The molecular weight excluding hydrogens is 180 g/mol. The van der Waals surface area contributed by atoms with Crippen molar-refractivity contribution in [2.75, 3.05) is 13.1 Å². The van der Waals surface area contributed by atoms with E-state index in [-0.39, 0.29) is 11.9 Å². The highest BCUT2D eigenvalue weighted by molar-refractivity contribution is 6.31. The SMILES string of the molecule is CCC(Cl)C(=O)N1CCNC1=O. The van der Waals surface area contributed by atoms with Gasteiger partial charge >= 0.3 is 6.03 Å². The van der Waals surface area contributed by atoms with E-state index in [0.717, 1.165) is 4.90 Å². The largest absolute Gasteiger partial charge is 0.336 e. The molecule has 1 aliphatic rings. The molecule has 0 aromatic carbocycles. The summed E-state index contributed by atoms with van der Waals surface area (Å²) in [5.74, 6) is -0.297. The fraction of sp³-hybridized carbons (Fsp3) is 0.714. The van der Waals surface area contributed by atoms with E-state index in [0.29, 0.717) is 19.5 Å². The van der Waals surface area contributed by atoms with Crippen molar-refractivity contribution in [3.05, 3.63) is 0 Å². The zero-order valence-electron chi connectivity index (χ0n) is 6.84. The zero-order valence-corrected chi connectivity index (χ0v) is 7.60. The van der Waals surface area contributed by atoms with Gasteiger partial charge in [-0.3, -0.25) is 9.69 Å². The highest BCUT2D eigenvalue weighted by Crippen LogP contribution is 2.08. The zero-order chi connectivity index (χ0) is 9.14. The van der Waals surface area contributed by atoms with Crippen LogP contribution in [0.1, 0.15) is 13.3 Å². The highest BCUT2D eigenvalue weighted by Gasteiger charge is 2.29. The molecule has 1 saturated heterocycles. The van der Waals surface area contributed by atoms with Crippen LogP contribution in [-0.2, 0) is 4.79 Å². The molecule has 1 atom stereocenters. The van der Waals surface area contributed by atoms with E-state index in [1.165, 1.54) is 0 Å². The van der Waals surface area contributed by atoms with Gasteiger partial charge in [0.2, 0.25) is 5.91 Å². The summed E-state index contributed by atoms with van der Waals surface area (Å²) in [5, 5.41) is 1.96. The number of alkyl halides is 1. The Labute approximate surface area is 75.9 Å². The highest BCUT2D eigenvalue weighted by atomic mass is 35.5. The van der Waals surface area contributed by atoms with E-state index < -0.39 is 5.38 Å². The average molecular weight is 191 g/mol. The lowest BCUT2D eigenvalue weighted by Gasteiger charge is -2.14. The fourth-order valence-electron chi connectivity index (χ4n) is 1.03. The van der Waals surface area contributed by atoms with Crippen LogP contribution >= 0.6 is 11.6 Å². The first kappa shape index (κ1) is 9.32. The van der Waals surface area contributed by atoms with Gasteiger partial charge < -0.3 is 5.32 Å². The van der Waals surface area contributed by atoms with E-state index in [1.807, 2.05) is 6.92 Å². The number of amides is 3. The quantitative estimate of drug-likeness (QED) is 0.647. The average Bonchev–Trinajstić information content (AvgIpc) is 2.48. The summed E-state index contributed by atoms with van der Waals surface area (Å²) in [5.41, 5.74) is 0. The Morgan fingerprint density at radius 1 is 1.83 bits per heavy atom. The molecule has 5 heteroatoms. The van der Waals surface area contributed by atoms with E-state index in [9.17, 15) is 9.59 Å². The number of halogens is 1. The maximum absolute atomic E-state index is 11.3. The van der Waals surface area contributed by atoms with Gasteiger partial charge in [0, 0.05) is 13.1 Å². The molecule has 1 unspecified atom stereocenters. The van der Waals surface area contributed by atoms with Crippen molar-refractivity contribution in [1.82, 2.24) is 10.2 Å². The molecule has 0 spiro atoms. The lowest BCUT2D eigenvalue weighted by atomic mass is 10.3. The molecule has 1 N–H and O–H groups in total. The summed E-state index contributed by atoms with van der Waals surface area (Å²) in [6.07, 6.45) is 0.546. The van der Waals surface area contributed by atoms with Crippen LogP contribution in [0.15, 0.2) is 0 Å². The maximum atomic E-state index is 11.3. The molecule has 1 heterocycles. The number of hydrogen-bond acceptors (Lipinski definition) is 2. The molecule has 12 heavy (non-hydrogen) atoms. The minimum atomic E-state index is -0.575. The summed E-state index contributed by atoms with van der Waals surface area (Å²) in [4.78, 5) is 23.4. The number of urea groups is 1. The third-order valence-corrected chi connectivity index (χ3v) is 2.24. The number of carbonyl (C=O) groups is 2. The minimum Gasteiger partial charge on any atom is -0.336 e. The number of hydrogen-bond donors (Lipinski definition) is 1. The molecule has 4 nitrogen and oxygen atoms in total. The van der Waals surface area contributed by atoms with Crippen LogP contribution in [0, 0.1) is 0 Å². The van der Waals surface area contributed by atoms with Gasteiger partial charge in [-0.15, -0.1) is 11.6 Å². The molecule has 1 rings (SSSR count). The van der Waals surface area contributed by atoms with Crippen molar-refractivity contribution in [2.45, 2.75) is 18.7 Å². The molecule has 0 saturated carbocycles. The number of carbonyl (C=O) groups excluding carboxylic acids is 2. The fourth-order valence-corrected chi connectivity index (χ4v) is 1.14. The Morgan fingerprint density at radius 2 is 2.50 bits per heavy atom. The standard InChI is InChI=1S/C7H11ClN2O2/c1-2-5(8)6(11)10-4-3-9-7(10)12/h5H,2-4H2,1H3,(H,9,12). The Morgan fingerprint density at radius 3 is 2.92 bits per heavy atom. The molecule has 0 aromatic heterocycles. The second kappa shape index (κ2) is 3.76. The third-order valence-electron chi connectivity index (χ3n) is 1.75. The third kappa shape index (κ3) is 1.69. The van der Waals surface area contributed by atoms with E-state index in [4.69, 9.17) is 11.6 Å². The number of nitrogens with one attached hydrogen (secondary N) is 1. The predicted octanol–water partition coefficient (Wildman–Crippen LogP) is 0.556. The Bertz CT molecular complexity index is 208. The van der Waals surface area contributed by atoms with Crippen LogP contribution in [0.2, 0.25) is 0 Å². The Kier molecular flexibility index (Phi) is 2.92. The molecular formula is C7H11ClN2O2. The molecule has 68 valence electrons. The summed E-state index contributed by atoms with van der Waals surface area (Å²) >= 11 is 5.69. The Balaban J connectivity index is 2.57. The first-order chi connectivity index (χ1) is 5.66. The number of imide groups is 1. The minimum absolute atomic E-state index is 0.297. The van der Waals surface area contributed by atoms with Gasteiger partial charge in [0.15, 0.2) is 0 Å². The van der Waals surface area contributed by atoms with Gasteiger partial charge in [-0.1, -0.05) is 6.92 Å². The van der Waals surface area contributed by atoms with Gasteiger partial charge in [-0.25, -0.2) is 4.79 Å². The van der Waals surface area contributed by atoms with Crippen molar-refractivity contribution < 1.29 is 9.59 Å². The smallest absolute Gasteiger partial charge is 0.324 e. The van der Waals surface area contributed by atoms with Crippen LogP contribution < -0.4 is 5.32 Å². The molecule has 1 aliphatic heterocycles. The van der Waals surface area contributed by atoms with Gasteiger partial charge in [-0.05, 0) is 6.42 Å². The van der Waals surface area contributed by atoms with Crippen LogP contribution in [-0.4, -0.2) is 35.3 Å². The summed E-state index contributed by atoms with van der Waals surface area (Å²) in [7, 11) is 0. The molecule has 0 aromatic rings. The maximum Gasteiger partial charge on any atom is 0.324 e. The summed E-state index contributed by atoms with van der Waals surface area (Å²) < 4.78 is 0. The van der Waals surface area contributed by atoms with Gasteiger partial charge in [0.1, 0.15) is 5.38 Å². The second-order valence-corrected chi connectivity index (χ2v) is 3.12. The van der Waals surface area contributed by atoms with Crippen molar-refractivity contribution in [2.24, 2.45) is 0 Å². The van der Waals surface area contributed by atoms with Crippen LogP contribution in [0.3, 0.4) is 0 Å². The molecule has 3 amide bonds. The van der Waals surface area contributed by atoms with Crippen molar-refractivity contribution in [1.29, 1.82) is 0 Å². The van der Waals surface area contributed by atoms with E-state index in [2.05, 4.69) is 5.32 Å². The lowest BCUT2D eigenvalue weighted by molar-refractivity contribution is -0.127. The first-order valence-electron chi connectivity index (χ1n) is 3.90. The normalized spacial score (nSPS) is 19.2. The van der Waals surface area contributed by atoms with E-state index in [1.54, 1.807) is 0 Å². The monoisotopic (exact) mass is 190 g/mol. The van der Waals surface area contributed by atoms with E-state index >= 15 is 0 Å². The van der Waals surface area contributed by atoms with Gasteiger partial charge in [0.25, 0.3) is 0 Å². The Hall–Kier alpha value is -0.770. The van der Waals surface area contributed by atoms with Crippen molar-refractivity contribution in [3.8, 4) is 0 Å². The molecule has 0 bridgehead atoms. The molecule has 0 radical (unpaired) electrons. The van der Waals surface area contributed by atoms with Crippen LogP contribution in [0.25, 0.3) is 0 Å². The predicted molar refractivity (Wildman–Crippen MR) is 45.0 cm³/mol. The molecule has 0 aliphatic carbocycles. The first-order valence-corrected chi connectivity index (χ1v) is 4.33. The van der Waals surface area contributed by atoms with Gasteiger partial charge in [0.05, 0.1) is 0 Å². The van der Waals surface area contributed by atoms with Gasteiger partial charge in [-0.2, -0.15) is 0 Å². The topological polar surface area (TPSA) is 49.4 Å².